The van der Waals surface area contributed by atoms with Crippen LogP contribution in [-0.4, -0.2) is 10.7 Å². The summed E-state index contributed by atoms with van der Waals surface area (Å²) in [4.78, 5) is 23.1. The molecule has 0 atom stereocenters. The molecule has 4 nitrogen and oxygen atoms in total. The molecule has 1 aliphatic rings. The van der Waals surface area contributed by atoms with Gasteiger partial charge in [0.1, 0.15) is 5.82 Å². The van der Waals surface area contributed by atoms with Gasteiger partial charge in [-0.05, 0) is 54.7 Å². The molecule has 0 bridgehead atoms. The molecule has 0 N–H and O–H groups in total. The molecule has 0 radical (unpaired) electrons. The Kier molecular flexibility index (Phi) is 4.84. The maximum Gasteiger partial charge on any atom is 0.270 e. The average Bonchev–Trinajstić information content (AvgIpc) is 2.60. The summed E-state index contributed by atoms with van der Waals surface area (Å²) in [6.45, 7) is 0. The van der Waals surface area contributed by atoms with E-state index in [2.05, 4.69) is 0 Å². The lowest BCUT2D eigenvalue weighted by Gasteiger charge is -2.16. The van der Waals surface area contributed by atoms with E-state index in [0.717, 1.165) is 12.0 Å². The number of halogens is 1. The Hall–Kier alpha value is -3.08. The van der Waals surface area contributed by atoms with E-state index in [1.54, 1.807) is 36.4 Å². The third-order valence-corrected chi connectivity index (χ3v) is 4.11. The van der Waals surface area contributed by atoms with E-state index < -0.39 is 4.92 Å². The van der Waals surface area contributed by atoms with Gasteiger partial charge in [0.05, 0.1) is 4.92 Å². The van der Waals surface area contributed by atoms with Gasteiger partial charge in [-0.3, -0.25) is 14.9 Å². The molecular formula is C20H16FNO3. The lowest BCUT2D eigenvalue weighted by atomic mass is 9.87. The molecule has 5 heteroatoms. The highest BCUT2D eigenvalue weighted by Gasteiger charge is 2.20. The second kappa shape index (κ2) is 7.21. The number of nitro groups is 1. The number of ketones is 1. The molecule has 1 fully saturated rings. The normalized spacial score (nSPS) is 17.9. The zero-order valence-corrected chi connectivity index (χ0v) is 13.4. The van der Waals surface area contributed by atoms with Crippen LogP contribution in [0.1, 0.15) is 30.4 Å². The number of rotatable bonds is 3. The lowest BCUT2D eigenvalue weighted by molar-refractivity contribution is -0.384. The molecule has 0 unspecified atom stereocenters. The van der Waals surface area contributed by atoms with Crippen LogP contribution in [0.15, 0.2) is 59.7 Å². The number of carbonyl (C=O) groups is 1. The number of benzene rings is 2. The molecule has 0 spiro atoms. The van der Waals surface area contributed by atoms with E-state index in [9.17, 15) is 19.3 Å². The molecule has 25 heavy (non-hydrogen) atoms. The Morgan fingerprint density at radius 1 is 0.960 bits per heavy atom. The van der Waals surface area contributed by atoms with Crippen LogP contribution in [0.4, 0.5) is 10.1 Å². The summed E-state index contributed by atoms with van der Waals surface area (Å²) < 4.78 is 13.0. The first-order valence-electron chi connectivity index (χ1n) is 7.99. The van der Waals surface area contributed by atoms with Crippen molar-refractivity contribution in [3.8, 4) is 0 Å². The fourth-order valence-electron chi connectivity index (χ4n) is 2.87. The molecule has 0 aromatic heterocycles. The smallest absolute Gasteiger partial charge is 0.270 e. The van der Waals surface area contributed by atoms with E-state index in [-0.39, 0.29) is 17.3 Å². The maximum atomic E-state index is 13.0. The highest BCUT2D eigenvalue weighted by Crippen LogP contribution is 2.28. The van der Waals surface area contributed by atoms with Crippen molar-refractivity contribution >= 4 is 23.6 Å². The number of nitrogens with zero attached hydrogens (tertiary/aromatic N) is 1. The molecule has 126 valence electrons. The largest absolute Gasteiger partial charge is 0.289 e. The standard InChI is InChI=1S/C20H16FNO3/c21-18-9-7-14(8-10-18)11-16-4-2-5-17(20(16)23)12-15-3-1-6-19(13-15)22(24)25/h1,3,6-13H,2,4-5H2/b16-11+,17-12+. The second-order valence-corrected chi connectivity index (χ2v) is 5.93. The molecule has 1 aliphatic carbocycles. The third kappa shape index (κ3) is 4.07. The molecule has 0 amide bonds. The molecule has 2 aromatic carbocycles. The van der Waals surface area contributed by atoms with E-state index >= 15 is 0 Å². The summed E-state index contributed by atoms with van der Waals surface area (Å²) in [5.41, 5.74) is 2.73. The fraction of sp³-hybridized carbons (Fsp3) is 0.150. The van der Waals surface area contributed by atoms with Crippen LogP contribution in [0.2, 0.25) is 0 Å². The van der Waals surface area contributed by atoms with Gasteiger partial charge < -0.3 is 0 Å². The number of allylic oxidation sites excluding steroid dienone is 2. The topological polar surface area (TPSA) is 60.2 Å². The minimum Gasteiger partial charge on any atom is -0.289 e. The van der Waals surface area contributed by atoms with E-state index in [1.165, 1.54) is 24.3 Å². The zero-order valence-electron chi connectivity index (χ0n) is 13.4. The van der Waals surface area contributed by atoms with Crippen LogP contribution >= 0.6 is 0 Å². The summed E-state index contributed by atoms with van der Waals surface area (Å²) in [5, 5.41) is 10.9. The molecular weight excluding hydrogens is 321 g/mol. The van der Waals surface area contributed by atoms with Gasteiger partial charge in [-0.25, -0.2) is 4.39 Å². The van der Waals surface area contributed by atoms with Crippen molar-refractivity contribution in [2.45, 2.75) is 19.3 Å². The summed E-state index contributed by atoms with van der Waals surface area (Å²) in [6, 6.07) is 12.2. The molecule has 0 aliphatic heterocycles. The van der Waals surface area contributed by atoms with Crippen molar-refractivity contribution in [3.05, 3.63) is 86.7 Å². The number of non-ortho nitro benzene ring substituents is 1. The van der Waals surface area contributed by atoms with Crippen molar-refractivity contribution in [1.29, 1.82) is 0 Å². The van der Waals surface area contributed by atoms with Gasteiger partial charge in [0.25, 0.3) is 5.69 Å². The van der Waals surface area contributed by atoms with Crippen LogP contribution in [0, 0.1) is 15.9 Å². The molecule has 0 saturated heterocycles. The summed E-state index contributed by atoms with van der Waals surface area (Å²) >= 11 is 0. The van der Waals surface area contributed by atoms with Crippen molar-refractivity contribution < 1.29 is 14.1 Å². The van der Waals surface area contributed by atoms with Crippen LogP contribution < -0.4 is 0 Å². The van der Waals surface area contributed by atoms with Crippen molar-refractivity contribution in [3.63, 3.8) is 0 Å². The zero-order chi connectivity index (χ0) is 17.8. The first-order chi connectivity index (χ1) is 12.0. The third-order valence-electron chi connectivity index (χ3n) is 4.11. The average molecular weight is 337 g/mol. The molecule has 2 aromatic rings. The number of carbonyl (C=O) groups excluding carboxylic acids is 1. The first kappa shape index (κ1) is 16.8. The van der Waals surface area contributed by atoms with Gasteiger partial charge in [0.2, 0.25) is 0 Å². The summed E-state index contributed by atoms with van der Waals surface area (Å²) in [5.74, 6) is -0.370. The monoisotopic (exact) mass is 337 g/mol. The highest BCUT2D eigenvalue weighted by molar-refractivity contribution is 6.13. The molecule has 1 saturated carbocycles. The van der Waals surface area contributed by atoms with Crippen molar-refractivity contribution in [2.75, 3.05) is 0 Å². The molecule has 3 rings (SSSR count). The van der Waals surface area contributed by atoms with Gasteiger partial charge in [-0.1, -0.05) is 24.3 Å². The van der Waals surface area contributed by atoms with Crippen molar-refractivity contribution in [1.82, 2.24) is 0 Å². The van der Waals surface area contributed by atoms with Crippen molar-refractivity contribution in [2.24, 2.45) is 0 Å². The maximum absolute atomic E-state index is 13.0. The summed E-state index contributed by atoms with van der Waals surface area (Å²) in [6.07, 6.45) is 5.64. The minimum absolute atomic E-state index is 0.000291. The van der Waals surface area contributed by atoms with Gasteiger partial charge in [0.15, 0.2) is 5.78 Å². The molecule has 0 heterocycles. The van der Waals surface area contributed by atoms with Gasteiger partial charge in [-0.15, -0.1) is 0 Å². The van der Waals surface area contributed by atoms with Crippen LogP contribution in [0.5, 0.6) is 0 Å². The van der Waals surface area contributed by atoms with Crippen LogP contribution in [0.25, 0.3) is 12.2 Å². The second-order valence-electron chi connectivity index (χ2n) is 5.93. The summed E-state index contributed by atoms with van der Waals surface area (Å²) in [7, 11) is 0. The lowest BCUT2D eigenvalue weighted by Crippen LogP contribution is -2.12. The van der Waals surface area contributed by atoms with Crippen LogP contribution in [0.3, 0.4) is 0 Å². The predicted octanol–water partition coefficient (Wildman–Crippen LogP) is 4.95. The fourth-order valence-corrected chi connectivity index (χ4v) is 2.87. The number of hydrogen-bond donors (Lipinski definition) is 0. The first-order valence-corrected chi connectivity index (χ1v) is 7.99. The van der Waals surface area contributed by atoms with E-state index in [4.69, 9.17) is 0 Å². The van der Waals surface area contributed by atoms with Gasteiger partial charge in [0, 0.05) is 23.3 Å². The highest BCUT2D eigenvalue weighted by atomic mass is 19.1. The Balaban J connectivity index is 1.88. The Morgan fingerprint density at radius 2 is 1.60 bits per heavy atom. The van der Waals surface area contributed by atoms with Gasteiger partial charge in [-0.2, -0.15) is 0 Å². The van der Waals surface area contributed by atoms with E-state index in [0.29, 0.717) is 29.6 Å². The van der Waals surface area contributed by atoms with Crippen LogP contribution in [-0.2, 0) is 4.79 Å². The number of hydrogen-bond acceptors (Lipinski definition) is 3. The van der Waals surface area contributed by atoms with E-state index in [1.807, 2.05) is 0 Å². The Morgan fingerprint density at radius 3 is 2.24 bits per heavy atom. The number of nitro benzene ring substituents is 1. The van der Waals surface area contributed by atoms with Gasteiger partial charge >= 0.3 is 0 Å². The SMILES string of the molecule is O=C1/C(=C/c2ccc(F)cc2)CCC/C1=C\c1cccc([N+](=O)[O-])c1. The number of Topliss-reactive ketones (excluding diaryl/α,β-unsaturated/α-hetero) is 1. The minimum atomic E-state index is -0.454. The Labute approximate surface area is 144 Å². The predicted molar refractivity (Wildman–Crippen MR) is 94.3 cm³/mol. The Bertz CT molecular complexity index is 882. The quantitative estimate of drug-likeness (QED) is 0.452.